The summed E-state index contributed by atoms with van der Waals surface area (Å²) in [6.45, 7) is 0. The summed E-state index contributed by atoms with van der Waals surface area (Å²) in [7, 11) is 0. The standard InChI is InChI=1S/C14H12N6O2S/c21-13(16-15-8-11-6-7-22-9-11)10-23-14-17-18-19-20(14)12-4-2-1-3-5-12/h1-9H,10H2,(H,16,21)/b15-8-. The Morgan fingerprint density at radius 1 is 1.35 bits per heavy atom. The van der Waals surface area contributed by atoms with Gasteiger partial charge in [-0.25, -0.2) is 5.43 Å². The van der Waals surface area contributed by atoms with Crippen molar-refractivity contribution >= 4 is 23.9 Å². The van der Waals surface area contributed by atoms with Crippen LogP contribution in [0.4, 0.5) is 0 Å². The number of nitrogens with zero attached hydrogens (tertiary/aromatic N) is 5. The minimum absolute atomic E-state index is 0.149. The van der Waals surface area contributed by atoms with E-state index in [9.17, 15) is 4.79 Å². The maximum absolute atomic E-state index is 11.8. The van der Waals surface area contributed by atoms with Crippen LogP contribution in [0.3, 0.4) is 0 Å². The van der Waals surface area contributed by atoms with Gasteiger partial charge in [-0.1, -0.05) is 30.0 Å². The SMILES string of the molecule is O=C(CSc1nnnn1-c1ccccc1)N/N=C\c1ccoc1. The molecule has 0 spiro atoms. The third-order valence-electron chi connectivity index (χ3n) is 2.72. The third kappa shape index (κ3) is 4.04. The molecule has 3 rings (SSSR count). The Hall–Kier alpha value is -2.94. The molecule has 0 radical (unpaired) electrons. The van der Waals surface area contributed by atoms with Crippen molar-refractivity contribution in [2.45, 2.75) is 5.16 Å². The van der Waals surface area contributed by atoms with Crippen LogP contribution >= 0.6 is 11.8 Å². The Morgan fingerprint density at radius 3 is 3.00 bits per heavy atom. The van der Waals surface area contributed by atoms with E-state index in [4.69, 9.17) is 4.42 Å². The number of nitrogens with one attached hydrogen (secondary N) is 1. The van der Waals surface area contributed by atoms with Crippen LogP contribution in [0, 0.1) is 0 Å². The Balaban J connectivity index is 1.55. The molecule has 8 nitrogen and oxygen atoms in total. The van der Waals surface area contributed by atoms with Gasteiger partial charge in [0.2, 0.25) is 5.16 Å². The van der Waals surface area contributed by atoms with Gasteiger partial charge in [0, 0.05) is 5.56 Å². The molecule has 0 atom stereocenters. The predicted molar refractivity (Wildman–Crippen MR) is 84.3 cm³/mol. The van der Waals surface area contributed by atoms with Crippen LogP contribution in [-0.2, 0) is 4.79 Å². The molecule has 0 fully saturated rings. The van der Waals surface area contributed by atoms with Crippen LogP contribution in [0.2, 0.25) is 0 Å². The Kier molecular flexibility index (Phi) is 4.79. The molecule has 2 heterocycles. The smallest absolute Gasteiger partial charge is 0.250 e. The zero-order chi connectivity index (χ0) is 15.9. The van der Waals surface area contributed by atoms with Crippen LogP contribution in [-0.4, -0.2) is 38.1 Å². The van der Waals surface area contributed by atoms with E-state index in [1.807, 2.05) is 30.3 Å². The first-order valence-electron chi connectivity index (χ1n) is 6.63. The number of amides is 1. The number of hydrazone groups is 1. The van der Waals surface area contributed by atoms with Crippen molar-refractivity contribution in [3.05, 3.63) is 54.5 Å². The maximum Gasteiger partial charge on any atom is 0.250 e. The summed E-state index contributed by atoms with van der Waals surface area (Å²) in [5.74, 6) is -0.104. The summed E-state index contributed by atoms with van der Waals surface area (Å²) in [6, 6.07) is 11.2. The highest BCUT2D eigenvalue weighted by molar-refractivity contribution is 7.99. The van der Waals surface area contributed by atoms with Crippen LogP contribution in [0.1, 0.15) is 5.56 Å². The molecule has 1 amide bonds. The number of thioether (sulfide) groups is 1. The molecular weight excluding hydrogens is 316 g/mol. The van der Waals surface area contributed by atoms with Crippen molar-refractivity contribution in [3.8, 4) is 5.69 Å². The van der Waals surface area contributed by atoms with Crippen molar-refractivity contribution in [3.63, 3.8) is 0 Å². The van der Waals surface area contributed by atoms with Gasteiger partial charge in [0.05, 0.1) is 30.2 Å². The highest BCUT2D eigenvalue weighted by Gasteiger charge is 2.10. The highest BCUT2D eigenvalue weighted by atomic mass is 32.2. The van der Waals surface area contributed by atoms with E-state index in [1.165, 1.54) is 30.5 Å². The number of hydrogen-bond donors (Lipinski definition) is 1. The molecule has 2 aromatic heterocycles. The summed E-state index contributed by atoms with van der Waals surface area (Å²) in [5.41, 5.74) is 4.03. The molecule has 9 heteroatoms. The second-order valence-corrected chi connectivity index (χ2v) is 5.29. The van der Waals surface area contributed by atoms with Gasteiger partial charge in [-0.15, -0.1) is 5.10 Å². The zero-order valence-electron chi connectivity index (χ0n) is 11.9. The summed E-state index contributed by atoms with van der Waals surface area (Å²) in [4.78, 5) is 11.8. The predicted octanol–water partition coefficient (Wildman–Crippen LogP) is 1.50. The number of aromatic nitrogens is 4. The first-order valence-corrected chi connectivity index (χ1v) is 7.62. The number of carbonyl (C=O) groups excluding carboxylic acids is 1. The largest absolute Gasteiger partial charge is 0.472 e. The zero-order valence-corrected chi connectivity index (χ0v) is 12.7. The van der Waals surface area contributed by atoms with Crippen LogP contribution in [0.15, 0.2) is 63.6 Å². The van der Waals surface area contributed by atoms with Gasteiger partial charge in [-0.3, -0.25) is 4.79 Å². The fourth-order valence-electron chi connectivity index (χ4n) is 1.69. The topological polar surface area (TPSA) is 98.2 Å². The van der Waals surface area contributed by atoms with Gasteiger partial charge in [0.1, 0.15) is 0 Å². The van der Waals surface area contributed by atoms with Gasteiger partial charge < -0.3 is 4.42 Å². The normalized spacial score (nSPS) is 11.0. The first kappa shape index (κ1) is 15.0. The number of hydrogen-bond acceptors (Lipinski definition) is 7. The lowest BCUT2D eigenvalue weighted by Gasteiger charge is -2.03. The molecule has 0 unspecified atom stereocenters. The molecule has 0 aliphatic heterocycles. The lowest BCUT2D eigenvalue weighted by molar-refractivity contribution is -0.118. The monoisotopic (exact) mass is 328 g/mol. The van der Waals surface area contributed by atoms with Gasteiger partial charge in [0.15, 0.2) is 0 Å². The second-order valence-electron chi connectivity index (χ2n) is 4.35. The summed E-state index contributed by atoms with van der Waals surface area (Å²) in [6.07, 6.45) is 4.56. The minimum Gasteiger partial charge on any atom is -0.472 e. The van der Waals surface area contributed by atoms with Crippen molar-refractivity contribution in [2.75, 3.05) is 5.75 Å². The Morgan fingerprint density at radius 2 is 2.22 bits per heavy atom. The highest BCUT2D eigenvalue weighted by Crippen LogP contribution is 2.17. The molecule has 23 heavy (non-hydrogen) atoms. The fourth-order valence-corrected chi connectivity index (χ4v) is 2.37. The molecule has 1 aromatic carbocycles. The maximum atomic E-state index is 11.8. The average molecular weight is 328 g/mol. The molecule has 0 aliphatic carbocycles. The number of para-hydroxylation sites is 1. The molecule has 0 saturated carbocycles. The molecule has 0 saturated heterocycles. The van der Waals surface area contributed by atoms with E-state index in [0.29, 0.717) is 5.16 Å². The van der Waals surface area contributed by atoms with E-state index in [1.54, 1.807) is 10.7 Å². The quantitative estimate of drug-likeness (QED) is 0.418. The summed E-state index contributed by atoms with van der Waals surface area (Å²) in [5, 5.41) is 15.9. The fraction of sp³-hybridized carbons (Fsp3) is 0.0714. The first-order chi connectivity index (χ1) is 11.3. The van der Waals surface area contributed by atoms with Crippen molar-refractivity contribution in [1.29, 1.82) is 0 Å². The van der Waals surface area contributed by atoms with Crippen LogP contribution < -0.4 is 5.43 Å². The van der Waals surface area contributed by atoms with E-state index < -0.39 is 0 Å². The molecular formula is C14H12N6O2S. The van der Waals surface area contributed by atoms with Crippen LogP contribution in [0.25, 0.3) is 5.69 Å². The van der Waals surface area contributed by atoms with E-state index in [2.05, 4.69) is 26.1 Å². The number of rotatable bonds is 6. The molecule has 0 aliphatic rings. The van der Waals surface area contributed by atoms with Crippen molar-refractivity contribution < 1.29 is 9.21 Å². The van der Waals surface area contributed by atoms with Crippen molar-refractivity contribution in [1.82, 2.24) is 25.6 Å². The summed E-state index contributed by atoms with van der Waals surface area (Å²) >= 11 is 1.23. The number of tetrazole rings is 1. The second kappa shape index (κ2) is 7.36. The lowest BCUT2D eigenvalue weighted by atomic mass is 10.3. The average Bonchev–Trinajstić information content (AvgIpc) is 3.25. The number of furan rings is 1. The molecule has 1 N–H and O–H groups in total. The Bertz CT molecular complexity index is 785. The van der Waals surface area contributed by atoms with Gasteiger partial charge in [-0.2, -0.15) is 9.78 Å². The summed E-state index contributed by atoms with van der Waals surface area (Å²) < 4.78 is 6.47. The number of carbonyl (C=O) groups is 1. The van der Waals surface area contributed by atoms with Gasteiger partial charge in [0.25, 0.3) is 5.91 Å². The molecule has 0 bridgehead atoms. The van der Waals surface area contributed by atoms with E-state index >= 15 is 0 Å². The molecule has 116 valence electrons. The van der Waals surface area contributed by atoms with E-state index in [0.717, 1.165) is 11.3 Å². The van der Waals surface area contributed by atoms with E-state index in [-0.39, 0.29) is 11.7 Å². The number of benzene rings is 1. The van der Waals surface area contributed by atoms with Crippen molar-refractivity contribution in [2.24, 2.45) is 5.10 Å². The lowest BCUT2D eigenvalue weighted by Crippen LogP contribution is -2.19. The van der Waals surface area contributed by atoms with Gasteiger partial charge >= 0.3 is 0 Å². The van der Waals surface area contributed by atoms with Gasteiger partial charge in [-0.05, 0) is 28.6 Å². The minimum atomic E-state index is -0.252. The Labute approximate surface area is 135 Å². The third-order valence-corrected chi connectivity index (χ3v) is 3.64. The van der Waals surface area contributed by atoms with Crippen LogP contribution in [0.5, 0.6) is 0 Å². The molecule has 3 aromatic rings.